The highest BCUT2D eigenvalue weighted by molar-refractivity contribution is 7.90. The topological polar surface area (TPSA) is 118 Å². The van der Waals surface area contributed by atoms with Crippen LogP contribution in [0.3, 0.4) is 0 Å². The van der Waals surface area contributed by atoms with Crippen molar-refractivity contribution in [3.05, 3.63) is 64.2 Å². The van der Waals surface area contributed by atoms with Crippen LogP contribution >= 0.6 is 0 Å². The molecular formula is C17H19N3O5S. The number of anilines is 1. The molecule has 0 spiro atoms. The number of sulfone groups is 1. The SMILES string of the molecule is CC(Nc1ccc(S(C)(=O)=O)cc1[N+](=O)[O-])C(=O)NCc1ccccc1. The highest BCUT2D eigenvalue weighted by atomic mass is 32.2. The number of nitrogens with zero attached hydrogens (tertiary/aromatic N) is 1. The number of rotatable bonds is 7. The molecule has 138 valence electrons. The molecule has 1 unspecified atom stereocenters. The van der Waals surface area contributed by atoms with E-state index in [1.54, 1.807) is 6.92 Å². The molecule has 8 nitrogen and oxygen atoms in total. The van der Waals surface area contributed by atoms with Gasteiger partial charge in [0.05, 0.1) is 9.82 Å². The van der Waals surface area contributed by atoms with Gasteiger partial charge >= 0.3 is 0 Å². The highest BCUT2D eigenvalue weighted by Gasteiger charge is 2.21. The van der Waals surface area contributed by atoms with Crippen molar-refractivity contribution in [2.75, 3.05) is 11.6 Å². The van der Waals surface area contributed by atoms with Crippen LogP contribution < -0.4 is 10.6 Å². The van der Waals surface area contributed by atoms with Crippen molar-refractivity contribution in [1.29, 1.82) is 0 Å². The number of hydrogen-bond donors (Lipinski definition) is 2. The van der Waals surface area contributed by atoms with Crippen LogP contribution in [0.2, 0.25) is 0 Å². The molecule has 0 aliphatic rings. The van der Waals surface area contributed by atoms with Crippen LogP contribution in [-0.2, 0) is 21.2 Å². The Morgan fingerprint density at radius 2 is 1.85 bits per heavy atom. The molecule has 0 fully saturated rings. The molecule has 1 amide bonds. The van der Waals surface area contributed by atoms with Crippen molar-refractivity contribution in [2.45, 2.75) is 24.4 Å². The summed E-state index contributed by atoms with van der Waals surface area (Å²) in [6.07, 6.45) is 0.971. The van der Waals surface area contributed by atoms with Gasteiger partial charge in [-0.1, -0.05) is 30.3 Å². The number of carbonyl (C=O) groups is 1. The molecule has 9 heteroatoms. The second-order valence-corrected chi connectivity index (χ2v) is 7.79. The monoisotopic (exact) mass is 377 g/mol. The van der Waals surface area contributed by atoms with Gasteiger partial charge in [0, 0.05) is 18.9 Å². The lowest BCUT2D eigenvalue weighted by molar-refractivity contribution is -0.384. The second-order valence-electron chi connectivity index (χ2n) is 5.78. The Balaban J connectivity index is 2.11. The Labute approximate surface area is 151 Å². The molecule has 0 radical (unpaired) electrons. The maximum Gasteiger partial charge on any atom is 0.293 e. The zero-order chi connectivity index (χ0) is 19.3. The van der Waals surface area contributed by atoms with Crippen molar-refractivity contribution < 1.29 is 18.1 Å². The lowest BCUT2D eigenvalue weighted by atomic mass is 10.2. The summed E-state index contributed by atoms with van der Waals surface area (Å²) in [7, 11) is -3.57. The number of nitro groups is 1. The molecule has 0 aromatic heterocycles. The Kier molecular flexibility index (Phi) is 5.93. The smallest absolute Gasteiger partial charge is 0.293 e. The molecule has 2 aromatic rings. The second kappa shape index (κ2) is 7.96. The molecular weight excluding hydrogens is 358 g/mol. The van der Waals surface area contributed by atoms with E-state index < -0.39 is 26.5 Å². The molecule has 0 bridgehead atoms. The van der Waals surface area contributed by atoms with Gasteiger partial charge in [-0.3, -0.25) is 14.9 Å². The Morgan fingerprint density at radius 1 is 1.19 bits per heavy atom. The third kappa shape index (κ3) is 5.03. The van der Waals surface area contributed by atoms with Gasteiger partial charge in [-0.2, -0.15) is 0 Å². The Bertz CT molecular complexity index is 913. The molecule has 2 rings (SSSR count). The van der Waals surface area contributed by atoms with E-state index in [0.29, 0.717) is 6.54 Å². The predicted octanol–water partition coefficient (Wildman–Crippen LogP) is 2.12. The number of nitro benzene ring substituents is 1. The molecule has 0 aliphatic heterocycles. The zero-order valence-corrected chi connectivity index (χ0v) is 15.1. The molecule has 0 saturated carbocycles. The van der Waals surface area contributed by atoms with Crippen LogP contribution in [0.1, 0.15) is 12.5 Å². The fourth-order valence-electron chi connectivity index (χ4n) is 2.25. The minimum Gasteiger partial charge on any atom is -0.368 e. The maximum atomic E-state index is 12.2. The van der Waals surface area contributed by atoms with Crippen LogP contribution in [0, 0.1) is 10.1 Å². The normalized spacial score (nSPS) is 12.2. The van der Waals surface area contributed by atoms with Gasteiger partial charge in [0.2, 0.25) is 5.91 Å². The summed E-state index contributed by atoms with van der Waals surface area (Å²) in [5.74, 6) is -0.338. The standard InChI is InChI=1S/C17H19N3O5S/c1-12(17(21)18-11-13-6-4-3-5-7-13)19-15-9-8-14(26(2,24)25)10-16(15)20(22)23/h3-10,12,19H,11H2,1-2H3,(H,18,21). The molecule has 1 atom stereocenters. The number of benzene rings is 2. The van der Waals surface area contributed by atoms with Gasteiger partial charge in [-0.15, -0.1) is 0 Å². The quantitative estimate of drug-likeness (QED) is 0.563. The van der Waals surface area contributed by atoms with Gasteiger partial charge in [-0.05, 0) is 24.6 Å². The number of carbonyl (C=O) groups excluding carboxylic acids is 1. The first-order chi connectivity index (χ1) is 12.2. The van der Waals surface area contributed by atoms with Crippen LogP contribution in [-0.4, -0.2) is 31.5 Å². The number of amides is 1. The van der Waals surface area contributed by atoms with Gasteiger partial charge < -0.3 is 10.6 Å². The third-order valence-electron chi connectivity index (χ3n) is 3.67. The van der Waals surface area contributed by atoms with Crippen molar-refractivity contribution in [1.82, 2.24) is 5.32 Å². The van der Waals surface area contributed by atoms with Crippen molar-refractivity contribution >= 4 is 27.1 Å². The van der Waals surface area contributed by atoms with Crippen molar-refractivity contribution in [3.63, 3.8) is 0 Å². The van der Waals surface area contributed by atoms with E-state index in [0.717, 1.165) is 17.9 Å². The van der Waals surface area contributed by atoms with E-state index in [-0.39, 0.29) is 16.5 Å². The molecule has 0 heterocycles. The maximum absolute atomic E-state index is 12.2. The summed E-state index contributed by atoms with van der Waals surface area (Å²) in [5.41, 5.74) is 0.594. The lowest BCUT2D eigenvalue weighted by Gasteiger charge is -2.15. The summed E-state index contributed by atoms with van der Waals surface area (Å²) in [5, 5.41) is 16.7. The summed E-state index contributed by atoms with van der Waals surface area (Å²) < 4.78 is 23.1. The summed E-state index contributed by atoms with van der Waals surface area (Å²) >= 11 is 0. The average molecular weight is 377 g/mol. The van der Waals surface area contributed by atoms with E-state index in [4.69, 9.17) is 0 Å². The molecule has 0 saturated heterocycles. The minimum absolute atomic E-state index is 0.0739. The fourth-order valence-corrected chi connectivity index (χ4v) is 2.89. The van der Waals surface area contributed by atoms with E-state index in [2.05, 4.69) is 10.6 Å². The van der Waals surface area contributed by atoms with Gasteiger partial charge in [0.25, 0.3) is 5.69 Å². The van der Waals surface area contributed by atoms with Gasteiger partial charge in [0.15, 0.2) is 9.84 Å². The van der Waals surface area contributed by atoms with E-state index >= 15 is 0 Å². The first-order valence-electron chi connectivity index (χ1n) is 7.75. The Hall–Kier alpha value is -2.94. The molecule has 2 aromatic carbocycles. The summed E-state index contributed by atoms with van der Waals surface area (Å²) in [6.45, 7) is 1.90. The molecule has 26 heavy (non-hydrogen) atoms. The fraction of sp³-hybridized carbons (Fsp3) is 0.235. The van der Waals surface area contributed by atoms with Gasteiger partial charge in [0.1, 0.15) is 11.7 Å². The van der Waals surface area contributed by atoms with Crippen molar-refractivity contribution in [3.8, 4) is 0 Å². The first-order valence-corrected chi connectivity index (χ1v) is 9.64. The largest absolute Gasteiger partial charge is 0.368 e. The van der Waals surface area contributed by atoms with Crippen LogP contribution in [0.15, 0.2) is 53.4 Å². The zero-order valence-electron chi connectivity index (χ0n) is 14.3. The predicted molar refractivity (Wildman–Crippen MR) is 97.6 cm³/mol. The van der Waals surface area contributed by atoms with Crippen LogP contribution in [0.5, 0.6) is 0 Å². The molecule has 2 N–H and O–H groups in total. The number of nitrogens with one attached hydrogen (secondary N) is 2. The third-order valence-corrected chi connectivity index (χ3v) is 4.78. The van der Waals surface area contributed by atoms with Crippen LogP contribution in [0.4, 0.5) is 11.4 Å². The first kappa shape index (κ1) is 19.4. The molecule has 0 aliphatic carbocycles. The van der Waals surface area contributed by atoms with Crippen LogP contribution in [0.25, 0.3) is 0 Å². The number of hydrogen-bond acceptors (Lipinski definition) is 6. The van der Waals surface area contributed by atoms with E-state index in [9.17, 15) is 23.3 Å². The van der Waals surface area contributed by atoms with Crippen molar-refractivity contribution in [2.24, 2.45) is 0 Å². The van der Waals surface area contributed by atoms with Gasteiger partial charge in [-0.25, -0.2) is 8.42 Å². The minimum atomic E-state index is -3.57. The van der Waals surface area contributed by atoms with E-state index in [1.165, 1.54) is 12.1 Å². The summed E-state index contributed by atoms with van der Waals surface area (Å²) in [4.78, 5) is 22.6. The average Bonchev–Trinajstić information content (AvgIpc) is 2.59. The van der Waals surface area contributed by atoms with E-state index in [1.807, 2.05) is 30.3 Å². The highest BCUT2D eigenvalue weighted by Crippen LogP contribution is 2.28. The lowest BCUT2D eigenvalue weighted by Crippen LogP contribution is -2.37. The Morgan fingerprint density at radius 3 is 2.42 bits per heavy atom. The summed E-state index contributed by atoms with van der Waals surface area (Å²) in [6, 6.07) is 12.1.